The largest absolute Gasteiger partial charge is 0.352 e. The summed E-state index contributed by atoms with van der Waals surface area (Å²) in [6.07, 6.45) is 4.72. The molecule has 1 aliphatic heterocycles. The Hall–Kier alpha value is -2.22. The Balaban J connectivity index is 1.51. The van der Waals surface area contributed by atoms with Crippen LogP contribution in [0.3, 0.4) is 0 Å². The lowest BCUT2D eigenvalue weighted by molar-refractivity contribution is 0.0951. The van der Waals surface area contributed by atoms with Crippen LogP contribution >= 0.6 is 0 Å². The van der Waals surface area contributed by atoms with E-state index >= 15 is 0 Å². The average Bonchev–Trinajstić information content (AvgIpc) is 2.77. The van der Waals surface area contributed by atoms with Gasteiger partial charge in [-0.15, -0.1) is 0 Å². The number of carbonyl (C=O) groups is 1. The fourth-order valence-corrected chi connectivity index (χ4v) is 4.51. The van der Waals surface area contributed by atoms with E-state index in [4.69, 9.17) is 0 Å². The first-order valence-corrected chi connectivity index (χ1v) is 11.7. The van der Waals surface area contributed by atoms with Crippen molar-refractivity contribution in [2.75, 3.05) is 26.2 Å². The molecule has 1 saturated heterocycles. The maximum atomic E-state index is 12.6. The van der Waals surface area contributed by atoms with Crippen molar-refractivity contribution in [1.29, 1.82) is 0 Å². The second-order valence-corrected chi connectivity index (χ2v) is 9.12. The van der Waals surface area contributed by atoms with Crippen molar-refractivity contribution in [2.45, 2.75) is 37.1 Å². The fraction of sp³-hybridized carbons (Fsp3) is 0.409. The molecule has 3 rings (SSSR count). The molecule has 1 heterocycles. The third-order valence-corrected chi connectivity index (χ3v) is 6.50. The molecule has 6 nitrogen and oxygen atoms in total. The highest BCUT2D eigenvalue weighted by molar-refractivity contribution is 7.89. The van der Waals surface area contributed by atoms with Crippen LogP contribution in [0.1, 0.15) is 41.6 Å². The Kier molecular flexibility index (Phi) is 7.80. The third kappa shape index (κ3) is 6.66. The van der Waals surface area contributed by atoms with Crippen molar-refractivity contribution < 1.29 is 13.2 Å². The molecule has 0 aromatic heterocycles. The average molecular weight is 416 g/mol. The summed E-state index contributed by atoms with van der Waals surface area (Å²) in [6, 6.07) is 15.5. The Morgan fingerprint density at radius 1 is 0.966 bits per heavy atom. The number of hydrogen-bond donors (Lipinski definition) is 2. The molecule has 1 fully saturated rings. The summed E-state index contributed by atoms with van der Waals surface area (Å²) in [5.41, 5.74) is 1.23. The number of piperidine rings is 1. The van der Waals surface area contributed by atoms with Gasteiger partial charge in [-0.3, -0.25) is 4.79 Å². The molecule has 2 aromatic rings. The Labute approximate surface area is 173 Å². The Bertz CT molecular complexity index is 895. The number of nitrogens with one attached hydrogen (secondary N) is 2. The molecule has 0 aliphatic carbocycles. The van der Waals surface area contributed by atoms with Crippen LogP contribution in [0.5, 0.6) is 0 Å². The predicted molar refractivity (Wildman–Crippen MR) is 114 cm³/mol. The summed E-state index contributed by atoms with van der Waals surface area (Å²) >= 11 is 0. The molecule has 2 N–H and O–H groups in total. The van der Waals surface area contributed by atoms with Gasteiger partial charge in [0.2, 0.25) is 10.0 Å². The van der Waals surface area contributed by atoms with E-state index in [9.17, 15) is 13.2 Å². The summed E-state index contributed by atoms with van der Waals surface area (Å²) in [6.45, 7) is 4.06. The van der Waals surface area contributed by atoms with Crippen LogP contribution in [0.4, 0.5) is 0 Å². The minimum atomic E-state index is -3.69. The maximum absolute atomic E-state index is 12.6. The lowest BCUT2D eigenvalue weighted by Gasteiger charge is -2.26. The van der Waals surface area contributed by atoms with Gasteiger partial charge in [0.15, 0.2) is 0 Å². The standard InChI is InChI=1S/C22H29N3O3S/c26-22(23-13-8-16-25-14-5-2-6-15-25)20-11-7-12-21(17-20)29(27,28)24-18-19-9-3-1-4-10-19/h1,3-4,7,9-12,17,24H,2,5-6,8,13-16,18H2,(H,23,26). The number of amides is 1. The molecule has 0 unspecified atom stereocenters. The second kappa shape index (κ2) is 10.5. The number of sulfonamides is 1. The molecule has 7 heteroatoms. The van der Waals surface area contributed by atoms with E-state index < -0.39 is 10.0 Å². The van der Waals surface area contributed by atoms with Gasteiger partial charge < -0.3 is 10.2 Å². The minimum absolute atomic E-state index is 0.0920. The second-order valence-electron chi connectivity index (χ2n) is 7.35. The van der Waals surface area contributed by atoms with Gasteiger partial charge in [0.1, 0.15) is 0 Å². The molecule has 0 bridgehead atoms. The van der Waals surface area contributed by atoms with Gasteiger partial charge in [-0.2, -0.15) is 0 Å². The van der Waals surface area contributed by atoms with Crippen LogP contribution < -0.4 is 10.0 Å². The van der Waals surface area contributed by atoms with Gasteiger partial charge in [0, 0.05) is 18.7 Å². The summed E-state index contributed by atoms with van der Waals surface area (Å²) in [7, 11) is -3.69. The summed E-state index contributed by atoms with van der Waals surface area (Å²) in [4.78, 5) is 14.9. The third-order valence-electron chi connectivity index (χ3n) is 5.10. The van der Waals surface area contributed by atoms with Crippen LogP contribution in [0.25, 0.3) is 0 Å². The van der Waals surface area contributed by atoms with Crippen molar-refractivity contribution in [1.82, 2.24) is 14.9 Å². The monoisotopic (exact) mass is 415 g/mol. The fourth-order valence-electron chi connectivity index (χ4n) is 3.45. The zero-order chi connectivity index (χ0) is 20.5. The number of rotatable bonds is 9. The van der Waals surface area contributed by atoms with Gasteiger partial charge in [-0.1, -0.05) is 42.8 Å². The summed E-state index contributed by atoms with van der Waals surface area (Å²) in [5.74, 6) is -0.247. The topological polar surface area (TPSA) is 78.5 Å². The van der Waals surface area contributed by atoms with E-state index in [0.29, 0.717) is 12.1 Å². The molecular formula is C22H29N3O3S. The van der Waals surface area contributed by atoms with Gasteiger partial charge in [0.05, 0.1) is 4.90 Å². The molecule has 2 aromatic carbocycles. The number of carbonyl (C=O) groups excluding carboxylic acids is 1. The lowest BCUT2D eigenvalue weighted by atomic mass is 10.1. The van der Waals surface area contributed by atoms with Gasteiger partial charge >= 0.3 is 0 Å². The molecule has 0 atom stereocenters. The molecule has 0 saturated carbocycles. The molecule has 1 amide bonds. The molecular weight excluding hydrogens is 386 g/mol. The molecule has 0 spiro atoms. The van der Waals surface area contributed by atoms with E-state index in [0.717, 1.165) is 31.6 Å². The van der Waals surface area contributed by atoms with Crippen molar-refractivity contribution in [2.24, 2.45) is 0 Å². The van der Waals surface area contributed by atoms with Crippen molar-refractivity contribution >= 4 is 15.9 Å². The van der Waals surface area contributed by atoms with Crippen molar-refractivity contribution in [3.8, 4) is 0 Å². The van der Waals surface area contributed by atoms with Gasteiger partial charge in [-0.25, -0.2) is 13.1 Å². The molecule has 0 radical (unpaired) electrons. The number of benzene rings is 2. The minimum Gasteiger partial charge on any atom is -0.352 e. The zero-order valence-electron chi connectivity index (χ0n) is 16.6. The number of likely N-dealkylation sites (tertiary alicyclic amines) is 1. The van der Waals surface area contributed by atoms with Crippen LogP contribution in [0.15, 0.2) is 59.5 Å². The quantitative estimate of drug-likeness (QED) is 0.618. The highest BCUT2D eigenvalue weighted by atomic mass is 32.2. The molecule has 1 aliphatic rings. The van der Waals surface area contributed by atoms with E-state index in [1.54, 1.807) is 12.1 Å². The van der Waals surface area contributed by atoms with Crippen LogP contribution in [0.2, 0.25) is 0 Å². The van der Waals surface area contributed by atoms with Crippen molar-refractivity contribution in [3.05, 3.63) is 65.7 Å². The highest BCUT2D eigenvalue weighted by Gasteiger charge is 2.16. The Morgan fingerprint density at radius 2 is 1.72 bits per heavy atom. The van der Waals surface area contributed by atoms with Gasteiger partial charge in [0.25, 0.3) is 5.91 Å². The van der Waals surface area contributed by atoms with E-state index in [-0.39, 0.29) is 17.3 Å². The highest BCUT2D eigenvalue weighted by Crippen LogP contribution is 2.13. The lowest BCUT2D eigenvalue weighted by Crippen LogP contribution is -2.33. The first-order valence-electron chi connectivity index (χ1n) is 10.2. The smallest absolute Gasteiger partial charge is 0.251 e. The van der Waals surface area contributed by atoms with E-state index in [1.807, 2.05) is 30.3 Å². The molecule has 29 heavy (non-hydrogen) atoms. The van der Waals surface area contributed by atoms with Crippen LogP contribution in [-0.4, -0.2) is 45.4 Å². The van der Waals surface area contributed by atoms with Crippen LogP contribution in [0, 0.1) is 0 Å². The summed E-state index contributed by atoms with van der Waals surface area (Å²) < 4.78 is 27.7. The summed E-state index contributed by atoms with van der Waals surface area (Å²) in [5, 5.41) is 2.89. The van der Waals surface area contributed by atoms with Gasteiger partial charge in [-0.05, 0) is 62.7 Å². The normalized spacial score (nSPS) is 15.2. The molecule has 156 valence electrons. The number of nitrogens with zero attached hydrogens (tertiary/aromatic N) is 1. The zero-order valence-corrected chi connectivity index (χ0v) is 17.5. The van der Waals surface area contributed by atoms with E-state index in [1.165, 1.54) is 31.4 Å². The van der Waals surface area contributed by atoms with E-state index in [2.05, 4.69) is 14.9 Å². The van der Waals surface area contributed by atoms with Crippen molar-refractivity contribution in [3.63, 3.8) is 0 Å². The predicted octanol–water partition coefficient (Wildman–Crippen LogP) is 2.77. The number of hydrogen-bond acceptors (Lipinski definition) is 4. The van der Waals surface area contributed by atoms with Crippen LogP contribution in [-0.2, 0) is 16.6 Å². The maximum Gasteiger partial charge on any atom is 0.251 e. The SMILES string of the molecule is O=C(NCCCN1CCCCC1)c1cccc(S(=O)(=O)NCc2ccccc2)c1. The Morgan fingerprint density at radius 3 is 2.48 bits per heavy atom. The first-order chi connectivity index (χ1) is 14.0. The first kappa shape index (κ1) is 21.5.